The van der Waals surface area contributed by atoms with Crippen molar-refractivity contribution >= 4 is 0 Å². The van der Waals surface area contributed by atoms with Gasteiger partial charge in [0.15, 0.2) is 0 Å². The Kier molecular flexibility index (Phi) is 3.68. The van der Waals surface area contributed by atoms with Gasteiger partial charge in [0.1, 0.15) is 0 Å². The predicted molar refractivity (Wildman–Crippen MR) is 65.0 cm³/mol. The van der Waals surface area contributed by atoms with Crippen molar-refractivity contribution in [1.29, 1.82) is 0 Å². The van der Waals surface area contributed by atoms with Gasteiger partial charge < -0.3 is 5.32 Å². The highest BCUT2D eigenvalue weighted by atomic mass is 15.2. The first-order valence-corrected chi connectivity index (χ1v) is 6.65. The molecule has 4 atom stereocenters. The monoisotopic (exact) mass is 210 g/mol. The van der Waals surface area contributed by atoms with E-state index in [2.05, 4.69) is 31.0 Å². The normalized spacial score (nSPS) is 44.2. The fourth-order valence-corrected chi connectivity index (χ4v) is 3.36. The Hall–Kier alpha value is -0.0800. The molecule has 0 saturated carbocycles. The summed E-state index contributed by atoms with van der Waals surface area (Å²) < 4.78 is 0. The summed E-state index contributed by atoms with van der Waals surface area (Å²) in [7, 11) is 0. The lowest BCUT2D eigenvalue weighted by Crippen LogP contribution is -2.55. The van der Waals surface area contributed by atoms with E-state index in [0.717, 1.165) is 23.9 Å². The van der Waals surface area contributed by atoms with Gasteiger partial charge in [-0.1, -0.05) is 13.8 Å². The van der Waals surface area contributed by atoms with E-state index in [1.54, 1.807) is 0 Å². The van der Waals surface area contributed by atoms with Gasteiger partial charge >= 0.3 is 0 Å². The molecule has 0 aromatic rings. The first kappa shape index (κ1) is 11.4. The molecule has 1 N–H and O–H groups in total. The van der Waals surface area contributed by atoms with Crippen LogP contribution in [-0.2, 0) is 0 Å². The molecule has 2 rings (SSSR count). The van der Waals surface area contributed by atoms with E-state index in [-0.39, 0.29) is 0 Å². The Balaban J connectivity index is 1.98. The van der Waals surface area contributed by atoms with Crippen molar-refractivity contribution < 1.29 is 0 Å². The van der Waals surface area contributed by atoms with Gasteiger partial charge in [-0.3, -0.25) is 4.90 Å². The molecule has 0 aromatic heterocycles. The number of hydrogen-bond donors (Lipinski definition) is 1. The lowest BCUT2D eigenvalue weighted by atomic mass is 9.84. The summed E-state index contributed by atoms with van der Waals surface area (Å²) in [5.74, 6) is 1.76. The van der Waals surface area contributed by atoms with Crippen LogP contribution in [0, 0.1) is 11.8 Å². The number of nitrogens with one attached hydrogen (secondary N) is 1. The van der Waals surface area contributed by atoms with Gasteiger partial charge in [-0.25, -0.2) is 0 Å². The van der Waals surface area contributed by atoms with E-state index in [9.17, 15) is 0 Å². The first-order valence-electron chi connectivity index (χ1n) is 6.65. The van der Waals surface area contributed by atoms with Crippen LogP contribution in [0.1, 0.15) is 40.0 Å². The summed E-state index contributed by atoms with van der Waals surface area (Å²) in [5, 5.41) is 3.54. The highest BCUT2D eigenvalue weighted by molar-refractivity contribution is 4.88. The van der Waals surface area contributed by atoms with Gasteiger partial charge in [-0.05, 0) is 44.6 Å². The standard InChI is InChI=1S/C13H26N2/c1-10-7-11(2)12(3)15(9-10)13-5-4-6-14-8-13/h10-14H,4-9H2,1-3H3. The average molecular weight is 210 g/mol. The molecular formula is C13H26N2. The summed E-state index contributed by atoms with van der Waals surface area (Å²) in [6.45, 7) is 11.0. The topological polar surface area (TPSA) is 15.3 Å². The van der Waals surface area contributed by atoms with Crippen LogP contribution >= 0.6 is 0 Å². The van der Waals surface area contributed by atoms with Crippen LogP contribution in [-0.4, -0.2) is 36.6 Å². The number of likely N-dealkylation sites (tertiary alicyclic amines) is 1. The number of rotatable bonds is 1. The molecule has 2 nitrogen and oxygen atoms in total. The minimum Gasteiger partial charge on any atom is -0.315 e. The van der Waals surface area contributed by atoms with Gasteiger partial charge in [0.05, 0.1) is 0 Å². The van der Waals surface area contributed by atoms with Crippen LogP contribution in [0.25, 0.3) is 0 Å². The molecule has 2 aliphatic heterocycles. The van der Waals surface area contributed by atoms with E-state index in [4.69, 9.17) is 0 Å². The maximum Gasteiger partial charge on any atom is 0.0224 e. The van der Waals surface area contributed by atoms with Gasteiger partial charge in [-0.2, -0.15) is 0 Å². The van der Waals surface area contributed by atoms with Gasteiger partial charge in [-0.15, -0.1) is 0 Å². The molecule has 2 heteroatoms. The summed E-state index contributed by atoms with van der Waals surface area (Å²) >= 11 is 0. The first-order chi connectivity index (χ1) is 7.18. The Labute approximate surface area is 94.4 Å². The number of nitrogens with zero attached hydrogens (tertiary/aromatic N) is 1. The SMILES string of the molecule is CC1CC(C)C(C)N(C2CCCNC2)C1. The van der Waals surface area contributed by atoms with E-state index < -0.39 is 0 Å². The molecule has 4 unspecified atom stereocenters. The highest BCUT2D eigenvalue weighted by Crippen LogP contribution is 2.29. The zero-order valence-electron chi connectivity index (χ0n) is 10.5. The summed E-state index contributed by atoms with van der Waals surface area (Å²) in [6.07, 6.45) is 4.17. The molecule has 0 radical (unpaired) electrons. The quantitative estimate of drug-likeness (QED) is 0.713. The zero-order valence-corrected chi connectivity index (χ0v) is 10.5. The number of piperidine rings is 2. The molecule has 2 saturated heterocycles. The Morgan fingerprint density at radius 1 is 1.20 bits per heavy atom. The zero-order chi connectivity index (χ0) is 10.8. The molecule has 2 aliphatic rings. The molecule has 0 spiro atoms. The van der Waals surface area contributed by atoms with E-state index in [0.29, 0.717) is 0 Å². The minimum atomic E-state index is 0.783. The van der Waals surface area contributed by atoms with Crippen LogP contribution in [0.15, 0.2) is 0 Å². The van der Waals surface area contributed by atoms with Crippen LogP contribution in [0.5, 0.6) is 0 Å². The number of hydrogen-bond acceptors (Lipinski definition) is 2. The van der Waals surface area contributed by atoms with E-state index in [1.165, 1.54) is 38.9 Å². The van der Waals surface area contributed by atoms with Gasteiger partial charge in [0, 0.05) is 25.2 Å². The van der Waals surface area contributed by atoms with Crippen LogP contribution in [0.2, 0.25) is 0 Å². The maximum atomic E-state index is 3.54. The van der Waals surface area contributed by atoms with Crippen LogP contribution in [0.4, 0.5) is 0 Å². The smallest absolute Gasteiger partial charge is 0.0224 e. The molecule has 88 valence electrons. The van der Waals surface area contributed by atoms with Crippen LogP contribution in [0.3, 0.4) is 0 Å². The van der Waals surface area contributed by atoms with Crippen molar-refractivity contribution in [3.63, 3.8) is 0 Å². The summed E-state index contributed by atoms with van der Waals surface area (Å²) in [5.41, 5.74) is 0. The summed E-state index contributed by atoms with van der Waals surface area (Å²) in [6, 6.07) is 1.59. The van der Waals surface area contributed by atoms with Crippen molar-refractivity contribution in [3.8, 4) is 0 Å². The fourth-order valence-electron chi connectivity index (χ4n) is 3.36. The van der Waals surface area contributed by atoms with Crippen molar-refractivity contribution in [1.82, 2.24) is 10.2 Å². The van der Waals surface area contributed by atoms with Crippen molar-refractivity contribution in [2.75, 3.05) is 19.6 Å². The minimum absolute atomic E-state index is 0.783. The Morgan fingerprint density at radius 3 is 2.67 bits per heavy atom. The lowest BCUT2D eigenvalue weighted by Gasteiger charge is -2.46. The van der Waals surface area contributed by atoms with Crippen molar-refractivity contribution in [3.05, 3.63) is 0 Å². The Morgan fingerprint density at radius 2 is 2.00 bits per heavy atom. The molecule has 0 aliphatic carbocycles. The van der Waals surface area contributed by atoms with Crippen molar-refractivity contribution in [2.24, 2.45) is 11.8 Å². The van der Waals surface area contributed by atoms with E-state index >= 15 is 0 Å². The molecule has 2 fully saturated rings. The Bertz CT molecular complexity index is 199. The second-order valence-corrected chi connectivity index (χ2v) is 5.76. The third-order valence-corrected chi connectivity index (χ3v) is 4.38. The van der Waals surface area contributed by atoms with Gasteiger partial charge in [0.2, 0.25) is 0 Å². The second kappa shape index (κ2) is 4.84. The predicted octanol–water partition coefficient (Wildman–Crippen LogP) is 2.10. The highest BCUT2D eigenvalue weighted by Gasteiger charge is 2.33. The van der Waals surface area contributed by atoms with E-state index in [1.807, 2.05) is 0 Å². The largest absolute Gasteiger partial charge is 0.315 e. The molecule has 0 amide bonds. The van der Waals surface area contributed by atoms with Crippen molar-refractivity contribution in [2.45, 2.75) is 52.1 Å². The fraction of sp³-hybridized carbons (Fsp3) is 1.00. The third kappa shape index (κ3) is 2.54. The molecule has 15 heavy (non-hydrogen) atoms. The lowest BCUT2D eigenvalue weighted by molar-refractivity contribution is 0.0309. The average Bonchev–Trinajstić information content (AvgIpc) is 2.24. The van der Waals surface area contributed by atoms with Crippen LogP contribution < -0.4 is 5.32 Å². The third-order valence-electron chi connectivity index (χ3n) is 4.38. The van der Waals surface area contributed by atoms with Gasteiger partial charge in [0.25, 0.3) is 0 Å². The molecule has 0 aromatic carbocycles. The summed E-state index contributed by atoms with van der Waals surface area (Å²) in [4.78, 5) is 2.77. The molecule has 2 heterocycles. The molecular weight excluding hydrogens is 184 g/mol. The molecule has 0 bridgehead atoms. The maximum absolute atomic E-state index is 3.54. The second-order valence-electron chi connectivity index (χ2n) is 5.76.